The first-order valence-corrected chi connectivity index (χ1v) is 10.8. The van der Waals surface area contributed by atoms with Crippen molar-refractivity contribution in [3.05, 3.63) is 52.2 Å². The van der Waals surface area contributed by atoms with Crippen molar-refractivity contribution in [1.82, 2.24) is 4.90 Å². The summed E-state index contributed by atoms with van der Waals surface area (Å²) in [4.78, 5) is 51.0. The van der Waals surface area contributed by atoms with Gasteiger partial charge in [0.05, 0.1) is 16.7 Å². The van der Waals surface area contributed by atoms with E-state index in [-0.39, 0.29) is 17.9 Å². The Morgan fingerprint density at radius 1 is 1.13 bits per heavy atom. The molecule has 1 unspecified atom stereocenters. The van der Waals surface area contributed by atoms with Gasteiger partial charge in [-0.25, -0.2) is 9.59 Å². The molecule has 0 saturated carbocycles. The van der Waals surface area contributed by atoms with Crippen molar-refractivity contribution in [2.24, 2.45) is 0 Å². The number of nitrogens with zero attached hydrogens (tertiary/aromatic N) is 1. The predicted molar refractivity (Wildman–Crippen MR) is 116 cm³/mol. The molecule has 0 N–H and O–H groups in total. The number of unbranched alkanes of at least 4 members (excludes halogenated alkanes) is 1. The van der Waals surface area contributed by atoms with E-state index >= 15 is 0 Å². The van der Waals surface area contributed by atoms with Crippen LogP contribution in [0.2, 0.25) is 0 Å². The van der Waals surface area contributed by atoms with Crippen LogP contribution in [-0.2, 0) is 14.3 Å². The summed E-state index contributed by atoms with van der Waals surface area (Å²) in [6, 6.07) is 9.37. The lowest BCUT2D eigenvalue weighted by Gasteiger charge is -2.21. The number of para-hydroxylation sites is 1. The number of hydrogen-bond donors (Lipinski definition) is 1. The molecule has 1 aromatic heterocycles. The van der Waals surface area contributed by atoms with Gasteiger partial charge in [-0.05, 0) is 36.9 Å². The highest BCUT2D eigenvalue weighted by atomic mass is 32.1. The number of thiol groups is 1. The number of carbonyl (C=O) groups excluding carboxylic acids is 4. The van der Waals surface area contributed by atoms with Crippen LogP contribution in [0.4, 0.5) is 0 Å². The summed E-state index contributed by atoms with van der Waals surface area (Å²) < 4.78 is 10.5. The number of hydrogen-bond acceptors (Lipinski definition) is 8. The van der Waals surface area contributed by atoms with Crippen LogP contribution in [-0.4, -0.2) is 47.1 Å². The normalized spacial score (nSPS) is 11.4. The number of carbonyl (C=O) groups is 4. The maximum Gasteiger partial charge on any atom is 0.341 e. The molecule has 0 aliphatic carbocycles. The Labute approximate surface area is 184 Å². The summed E-state index contributed by atoms with van der Waals surface area (Å²) in [7, 11) is 0. The standard InChI is InChI=1S/C21H23NO6S2/c1-3-4-11-27-21(26)15-8-5-6-9-16(15)28-18(23)13-22(19(24)14(2)29)20(25)17-10-7-12-30-17/h5-10,12,14,29H,3-4,11,13H2,1-2H3. The number of benzene rings is 1. The molecule has 9 heteroatoms. The second-order valence-corrected chi connectivity index (χ2v) is 8.06. The largest absolute Gasteiger partial charge is 0.462 e. The van der Waals surface area contributed by atoms with Gasteiger partial charge >= 0.3 is 11.9 Å². The Morgan fingerprint density at radius 3 is 2.50 bits per heavy atom. The molecule has 0 spiro atoms. The van der Waals surface area contributed by atoms with E-state index in [1.807, 2.05) is 6.92 Å². The van der Waals surface area contributed by atoms with Crippen molar-refractivity contribution in [1.29, 1.82) is 0 Å². The highest BCUT2D eigenvalue weighted by Gasteiger charge is 2.29. The maximum atomic E-state index is 12.7. The van der Waals surface area contributed by atoms with Crippen LogP contribution in [0.25, 0.3) is 0 Å². The molecule has 1 heterocycles. The molecule has 30 heavy (non-hydrogen) atoms. The summed E-state index contributed by atoms with van der Waals surface area (Å²) in [5.41, 5.74) is 0.0898. The molecule has 7 nitrogen and oxygen atoms in total. The smallest absolute Gasteiger partial charge is 0.341 e. The number of rotatable bonds is 9. The molecule has 1 atom stereocenters. The molecule has 1 aromatic carbocycles. The second kappa shape index (κ2) is 11.5. The van der Waals surface area contributed by atoms with E-state index in [0.29, 0.717) is 4.88 Å². The lowest BCUT2D eigenvalue weighted by atomic mass is 10.2. The van der Waals surface area contributed by atoms with E-state index < -0.39 is 35.5 Å². The highest BCUT2D eigenvalue weighted by Crippen LogP contribution is 2.20. The van der Waals surface area contributed by atoms with E-state index in [1.165, 1.54) is 19.1 Å². The molecule has 2 aromatic rings. The SMILES string of the molecule is CCCCOC(=O)c1ccccc1OC(=O)CN(C(=O)c1cccs1)C(=O)C(C)S. The van der Waals surface area contributed by atoms with Gasteiger partial charge in [0, 0.05) is 0 Å². The fourth-order valence-corrected chi connectivity index (χ4v) is 3.22. The lowest BCUT2D eigenvalue weighted by Crippen LogP contribution is -2.44. The van der Waals surface area contributed by atoms with Gasteiger partial charge < -0.3 is 9.47 Å². The molecule has 0 saturated heterocycles. The predicted octanol–water partition coefficient (Wildman–Crippen LogP) is 3.60. The molecule has 0 radical (unpaired) electrons. The third-order valence-corrected chi connectivity index (χ3v) is 5.03. The minimum absolute atomic E-state index is 0.00103. The summed E-state index contributed by atoms with van der Waals surface area (Å²) >= 11 is 5.23. The summed E-state index contributed by atoms with van der Waals surface area (Å²) in [6.45, 7) is 3.13. The van der Waals surface area contributed by atoms with Crippen molar-refractivity contribution in [2.75, 3.05) is 13.2 Å². The van der Waals surface area contributed by atoms with Crippen LogP contribution in [0.3, 0.4) is 0 Å². The van der Waals surface area contributed by atoms with Gasteiger partial charge in [0.15, 0.2) is 0 Å². The zero-order chi connectivity index (χ0) is 22.1. The van der Waals surface area contributed by atoms with Gasteiger partial charge in [0.2, 0.25) is 5.91 Å². The first-order chi connectivity index (χ1) is 14.3. The van der Waals surface area contributed by atoms with Crippen LogP contribution in [0.5, 0.6) is 5.75 Å². The minimum atomic E-state index is -0.865. The molecule has 2 amide bonds. The van der Waals surface area contributed by atoms with Gasteiger partial charge in [-0.15, -0.1) is 11.3 Å². The van der Waals surface area contributed by atoms with E-state index in [1.54, 1.807) is 29.6 Å². The monoisotopic (exact) mass is 449 g/mol. The van der Waals surface area contributed by atoms with Crippen LogP contribution >= 0.6 is 24.0 Å². The van der Waals surface area contributed by atoms with E-state index in [0.717, 1.165) is 29.1 Å². The number of thiophene rings is 1. The van der Waals surface area contributed by atoms with Gasteiger partial charge in [0.25, 0.3) is 5.91 Å². The van der Waals surface area contributed by atoms with Gasteiger partial charge in [-0.3, -0.25) is 14.5 Å². The summed E-state index contributed by atoms with van der Waals surface area (Å²) in [6.07, 6.45) is 1.59. The van der Waals surface area contributed by atoms with Crippen molar-refractivity contribution < 1.29 is 28.7 Å². The Kier molecular flexibility index (Phi) is 9.07. The molecule has 2 rings (SSSR count). The number of amides is 2. The van der Waals surface area contributed by atoms with Crippen molar-refractivity contribution in [2.45, 2.75) is 31.9 Å². The fraction of sp³-hybridized carbons (Fsp3) is 0.333. The number of esters is 2. The number of ether oxygens (including phenoxy) is 2. The third kappa shape index (κ3) is 6.43. The summed E-state index contributed by atoms with van der Waals surface area (Å²) in [5, 5.41) is 0.904. The summed E-state index contributed by atoms with van der Waals surface area (Å²) in [5.74, 6) is -2.71. The van der Waals surface area contributed by atoms with Crippen molar-refractivity contribution >= 4 is 47.7 Å². The average Bonchev–Trinajstić information content (AvgIpc) is 3.26. The lowest BCUT2D eigenvalue weighted by molar-refractivity contribution is -0.140. The Balaban J connectivity index is 2.15. The molecule has 0 aliphatic rings. The third-order valence-electron chi connectivity index (χ3n) is 3.95. The van der Waals surface area contributed by atoms with Gasteiger partial charge in [-0.1, -0.05) is 31.5 Å². The first-order valence-electron chi connectivity index (χ1n) is 9.39. The molecule has 160 valence electrons. The topological polar surface area (TPSA) is 90.0 Å². The quantitative estimate of drug-likeness (QED) is 0.272. The van der Waals surface area contributed by atoms with E-state index in [9.17, 15) is 19.2 Å². The van der Waals surface area contributed by atoms with Crippen molar-refractivity contribution in [3.63, 3.8) is 0 Å². The molecule has 0 bridgehead atoms. The second-order valence-electron chi connectivity index (χ2n) is 6.34. The van der Waals surface area contributed by atoms with E-state index in [4.69, 9.17) is 9.47 Å². The van der Waals surface area contributed by atoms with Crippen LogP contribution < -0.4 is 4.74 Å². The Bertz CT molecular complexity index is 895. The van der Waals surface area contributed by atoms with Crippen LogP contribution in [0.15, 0.2) is 41.8 Å². The van der Waals surface area contributed by atoms with E-state index in [2.05, 4.69) is 12.6 Å². The number of imide groups is 1. The maximum absolute atomic E-state index is 12.7. The van der Waals surface area contributed by atoms with Crippen molar-refractivity contribution in [3.8, 4) is 5.75 Å². The minimum Gasteiger partial charge on any atom is -0.462 e. The molecule has 0 aliphatic heterocycles. The van der Waals surface area contributed by atoms with Gasteiger partial charge in [0.1, 0.15) is 17.9 Å². The highest BCUT2D eigenvalue weighted by molar-refractivity contribution is 7.81. The molecular formula is C21H23NO6S2. The Morgan fingerprint density at radius 2 is 1.87 bits per heavy atom. The average molecular weight is 450 g/mol. The first kappa shape index (κ1) is 23.6. The zero-order valence-corrected chi connectivity index (χ0v) is 18.4. The van der Waals surface area contributed by atoms with Gasteiger partial charge in [-0.2, -0.15) is 12.6 Å². The fourth-order valence-electron chi connectivity index (χ4n) is 2.40. The molecule has 0 fully saturated rings. The zero-order valence-electron chi connectivity index (χ0n) is 16.7. The van der Waals surface area contributed by atoms with Crippen LogP contribution in [0, 0.1) is 0 Å². The van der Waals surface area contributed by atoms with Crippen LogP contribution in [0.1, 0.15) is 46.7 Å². The Hall–Kier alpha value is -2.65. The molecular weight excluding hydrogens is 426 g/mol.